The van der Waals surface area contributed by atoms with E-state index in [2.05, 4.69) is 0 Å². The van der Waals surface area contributed by atoms with E-state index >= 15 is 0 Å². The van der Waals surface area contributed by atoms with Gasteiger partial charge in [-0.25, -0.2) is 4.39 Å². The Morgan fingerprint density at radius 1 is 1.50 bits per heavy atom. The first-order valence-corrected chi connectivity index (χ1v) is 4.45. The zero-order chi connectivity index (χ0) is 10.6. The van der Waals surface area contributed by atoms with E-state index in [-0.39, 0.29) is 5.82 Å². The SMILES string of the molecule is COc1c(C)cc(F)cc1CCC=O. The van der Waals surface area contributed by atoms with Crippen LogP contribution in [-0.2, 0) is 11.2 Å². The van der Waals surface area contributed by atoms with Crippen molar-refractivity contribution in [3.63, 3.8) is 0 Å². The maximum atomic E-state index is 13.0. The Bertz CT molecular complexity index is 334. The van der Waals surface area contributed by atoms with Gasteiger partial charge in [0, 0.05) is 6.42 Å². The molecule has 0 N–H and O–H groups in total. The highest BCUT2D eigenvalue weighted by molar-refractivity contribution is 5.51. The lowest BCUT2D eigenvalue weighted by atomic mass is 10.1. The van der Waals surface area contributed by atoms with E-state index in [1.807, 2.05) is 0 Å². The largest absolute Gasteiger partial charge is 0.496 e. The number of ether oxygens (including phenoxy) is 1. The molecule has 14 heavy (non-hydrogen) atoms. The lowest BCUT2D eigenvalue weighted by molar-refractivity contribution is -0.107. The first kappa shape index (κ1) is 10.7. The number of methoxy groups -OCH3 is 1. The second kappa shape index (κ2) is 4.74. The molecule has 1 rings (SSSR count). The maximum Gasteiger partial charge on any atom is 0.125 e. The Hall–Kier alpha value is -1.38. The van der Waals surface area contributed by atoms with Crippen LogP contribution >= 0.6 is 0 Å². The summed E-state index contributed by atoms with van der Waals surface area (Å²) in [5.41, 5.74) is 1.51. The van der Waals surface area contributed by atoms with Crippen molar-refractivity contribution < 1.29 is 13.9 Å². The Balaban J connectivity index is 3.04. The standard InChI is InChI=1S/C11H13FO2/c1-8-6-10(12)7-9(4-3-5-13)11(8)14-2/h5-7H,3-4H2,1-2H3. The van der Waals surface area contributed by atoms with Crippen molar-refractivity contribution in [3.05, 3.63) is 29.1 Å². The fourth-order valence-electron chi connectivity index (χ4n) is 1.49. The number of aryl methyl sites for hydroxylation is 2. The van der Waals surface area contributed by atoms with E-state index < -0.39 is 0 Å². The number of hydrogen-bond donors (Lipinski definition) is 0. The molecule has 0 atom stereocenters. The Morgan fingerprint density at radius 3 is 2.79 bits per heavy atom. The second-order valence-corrected chi connectivity index (χ2v) is 3.12. The number of benzene rings is 1. The molecule has 0 fully saturated rings. The van der Waals surface area contributed by atoms with E-state index in [1.54, 1.807) is 14.0 Å². The Kier molecular flexibility index (Phi) is 3.63. The minimum Gasteiger partial charge on any atom is -0.496 e. The molecule has 0 aromatic heterocycles. The topological polar surface area (TPSA) is 26.3 Å². The molecule has 0 saturated heterocycles. The van der Waals surface area contributed by atoms with Gasteiger partial charge in [0.1, 0.15) is 17.9 Å². The van der Waals surface area contributed by atoms with Crippen LogP contribution in [0.2, 0.25) is 0 Å². The first-order chi connectivity index (χ1) is 6.69. The average molecular weight is 196 g/mol. The van der Waals surface area contributed by atoms with Crippen molar-refractivity contribution in [3.8, 4) is 5.75 Å². The molecule has 0 aliphatic carbocycles. The van der Waals surface area contributed by atoms with Crippen molar-refractivity contribution >= 4 is 6.29 Å². The number of rotatable bonds is 4. The van der Waals surface area contributed by atoms with Crippen LogP contribution in [0.1, 0.15) is 17.5 Å². The summed E-state index contributed by atoms with van der Waals surface area (Å²) >= 11 is 0. The molecule has 0 heterocycles. The molecule has 1 aromatic carbocycles. The number of aldehydes is 1. The molecule has 0 aliphatic rings. The van der Waals surface area contributed by atoms with Crippen molar-refractivity contribution in [2.75, 3.05) is 7.11 Å². The van der Waals surface area contributed by atoms with Gasteiger partial charge in [0.15, 0.2) is 0 Å². The van der Waals surface area contributed by atoms with Gasteiger partial charge in [-0.3, -0.25) is 0 Å². The van der Waals surface area contributed by atoms with E-state index in [4.69, 9.17) is 4.74 Å². The normalized spacial score (nSPS) is 9.93. The number of hydrogen-bond acceptors (Lipinski definition) is 2. The number of carbonyl (C=O) groups excluding carboxylic acids is 1. The van der Waals surface area contributed by atoms with Gasteiger partial charge in [-0.1, -0.05) is 0 Å². The minimum absolute atomic E-state index is 0.288. The highest BCUT2D eigenvalue weighted by atomic mass is 19.1. The van der Waals surface area contributed by atoms with Crippen LogP contribution in [0, 0.1) is 12.7 Å². The fourth-order valence-corrected chi connectivity index (χ4v) is 1.49. The number of halogens is 1. The van der Waals surface area contributed by atoms with Crippen LogP contribution in [0.5, 0.6) is 5.75 Å². The summed E-state index contributed by atoms with van der Waals surface area (Å²) in [4.78, 5) is 10.2. The highest BCUT2D eigenvalue weighted by Gasteiger charge is 2.08. The zero-order valence-corrected chi connectivity index (χ0v) is 8.34. The van der Waals surface area contributed by atoms with Gasteiger partial charge < -0.3 is 9.53 Å². The minimum atomic E-state index is -0.288. The molecule has 0 spiro atoms. The lowest BCUT2D eigenvalue weighted by Crippen LogP contribution is -1.97. The summed E-state index contributed by atoms with van der Waals surface area (Å²) in [6.45, 7) is 1.78. The molecule has 76 valence electrons. The maximum absolute atomic E-state index is 13.0. The molecule has 2 nitrogen and oxygen atoms in total. The van der Waals surface area contributed by atoms with Crippen molar-refractivity contribution in [2.45, 2.75) is 19.8 Å². The summed E-state index contributed by atoms with van der Waals surface area (Å²) in [5, 5.41) is 0. The van der Waals surface area contributed by atoms with Gasteiger partial charge >= 0.3 is 0 Å². The third-order valence-corrected chi connectivity index (χ3v) is 2.05. The number of carbonyl (C=O) groups is 1. The van der Waals surface area contributed by atoms with Gasteiger partial charge in [-0.2, -0.15) is 0 Å². The quantitative estimate of drug-likeness (QED) is 0.690. The van der Waals surface area contributed by atoms with Crippen LogP contribution in [0.3, 0.4) is 0 Å². The zero-order valence-electron chi connectivity index (χ0n) is 8.34. The predicted molar refractivity (Wildman–Crippen MR) is 52.1 cm³/mol. The summed E-state index contributed by atoms with van der Waals surface area (Å²) in [7, 11) is 1.55. The monoisotopic (exact) mass is 196 g/mol. The molecule has 1 aromatic rings. The van der Waals surface area contributed by atoms with E-state index in [1.165, 1.54) is 12.1 Å². The van der Waals surface area contributed by atoms with Gasteiger partial charge in [0.05, 0.1) is 7.11 Å². The molecule has 3 heteroatoms. The molecule has 0 aliphatic heterocycles. The molecule has 0 radical (unpaired) electrons. The van der Waals surface area contributed by atoms with Gasteiger partial charge in [0.2, 0.25) is 0 Å². The summed E-state index contributed by atoms with van der Waals surface area (Å²) < 4.78 is 18.2. The fraction of sp³-hybridized carbons (Fsp3) is 0.364. The van der Waals surface area contributed by atoms with Crippen LogP contribution in [0.15, 0.2) is 12.1 Å². The van der Waals surface area contributed by atoms with E-state index in [0.717, 1.165) is 17.4 Å². The van der Waals surface area contributed by atoms with Gasteiger partial charge in [-0.05, 0) is 36.6 Å². The van der Waals surface area contributed by atoms with E-state index in [9.17, 15) is 9.18 Å². The van der Waals surface area contributed by atoms with Crippen LogP contribution in [-0.4, -0.2) is 13.4 Å². The van der Waals surface area contributed by atoms with Crippen molar-refractivity contribution in [1.82, 2.24) is 0 Å². The molecule has 0 bridgehead atoms. The first-order valence-electron chi connectivity index (χ1n) is 4.45. The molecular formula is C11H13FO2. The van der Waals surface area contributed by atoms with Crippen molar-refractivity contribution in [2.24, 2.45) is 0 Å². The highest BCUT2D eigenvalue weighted by Crippen LogP contribution is 2.25. The smallest absolute Gasteiger partial charge is 0.125 e. The summed E-state index contributed by atoms with van der Waals surface area (Å²) in [5.74, 6) is 0.387. The summed E-state index contributed by atoms with van der Waals surface area (Å²) in [6, 6.07) is 2.83. The molecule has 0 amide bonds. The average Bonchev–Trinajstić information content (AvgIpc) is 2.14. The Morgan fingerprint density at radius 2 is 2.21 bits per heavy atom. The van der Waals surface area contributed by atoms with Gasteiger partial charge in [0.25, 0.3) is 0 Å². The van der Waals surface area contributed by atoms with E-state index in [0.29, 0.717) is 18.6 Å². The predicted octanol–water partition coefficient (Wildman–Crippen LogP) is 2.27. The third-order valence-electron chi connectivity index (χ3n) is 2.05. The molecular weight excluding hydrogens is 183 g/mol. The van der Waals surface area contributed by atoms with Crippen molar-refractivity contribution in [1.29, 1.82) is 0 Å². The molecule has 0 unspecified atom stereocenters. The van der Waals surface area contributed by atoms with Crippen LogP contribution in [0.4, 0.5) is 4.39 Å². The third kappa shape index (κ3) is 2.31. The lowest BCUT2D eigenvalue weighted by Gasteiger charge is -2.10. The van der Waals surface area contributed by atoms with Crippen LogP contribution in [0.25, 0.3) is 0 Å². The Labute approximate surface area is 82.7 Å². The van der Waals surface area contributed by atoms with Gasteiger partial charge in [-0.15, -0.1) is 0 Å². The summed E-state index contributed by atoms with van der Waals surface area (Å²) in [6.07, 6.45) is 1.73. The van der Waals surface area contributed by atoms with Crippen LogP contribution < -0.4 is 4.74 Å². The second-order valence-electron chi connectivity index (χ2n) is 3.12. The molecule has 0 saturated carbocycles.